The zero-order valence-electron chi connectivity index (χ0n) is 18.7. The Morgan fingerprint density at radius 2 is 1.55 bits per heavy atom. The number of hydrogen-bond acceptors (Lipinski definition) is 3. The molecule has 0 spiro atoms. The fraction of sp³-hybridized carbons (Fsp3) is 0.458. The highest BCUT2D eigenvalue weighted by atomic mass is 127. The normalized spacial score (nSPS) is 15.7. The molecule has 0 radical (unpaired) electrons. The van der Waals surface area contributed by atoms with E-state index in [4.69, 9.17) is 0 Å². The number of halogens is 4. The number of aliphatic hydroxyl groups excluding tert-OH is 1. The Labute approximate surface area is 210 Å². The van der Waals surface area contributed by atoms with Crippen LogP contribution in [0.25, 0.3) is 0 Å². The molecule has 0 aromatic heterocycles. The number of guanidine groups is 1. The zero-order valence-corrected chi connectivity index (χ0v) is 21.1. The summed E-state index contributed by atoms with van der Waals surface area (Å²) in [6, 6.07) is 13.7. The van der Waals surface area contributed by atoms with Gasteiger partial charge in [0, 0.05) is 39.8 Å². The second-order valence-electron chi connectivity index (χ2n) is 8.12. The van der Waals surface area contributed by atoms with Crippen LogP contribution in [0.4, 0.5) is 13.2 Å². The Morgan fingerprint density at radius 3 is 2.12 bits per heavy atom. The standard InChI is InChI=1S/C24H31F3N4O.HI/c1-28-23(29-13-10-18-6-8-21(9-7-18)24(25,26)27)30-16-19-2-4-20(5-3-19)17-31-14-11-22(32)12-15-31;/h2-9,22,32H,10-17H2,1H3,(H2,28,29,30);1H. The lowest BCUT2D eigenvalue weighted by molar-refractivity contribution is -0.137. The third kappa shape index (κ3) is 9.13. The number of hydrogen-bond donors (Lipinski definition) is 3. The first-order chi connectivity index (χ1) is 15.3. The summed E-state index contributed by atoms with van der Waals surface area (Å²) >= 11 is 0. The van der Waals surface area contributed by atoms with Crippen molar-refractivity contribution in [2.75, 3.05) is 26.7 Å². The molecule has 1 heterocycles. The lowest BCUT2D eigenvalue weighted by Crippen LogP contribution is -2.37. The summed E-state index contributed by atoms with van der Waals surface area (Å²) in [5, 5.41) is 16.1. The third-order valence-electron chi connectivity index (χ3n) is 5.66. The zero-order chi connectivity index (χ0) is 23.0. The SMILES string of the molecule is CN=C(NCCc1ccc(C(F)(F)F)cc1)NCc1ccc(CN2CCC(O)CC2)cc1.I. The van der Waals surface area contributed by atoms with Gasteiger partial charge in [-0.25, -0.2) is 0 Å². The Hall–Kier alpha value is -1.85. The number of piperidine rings is 1. The molecule has 0 unspecified atom stereocenters. The molecular formula is C24H32F3IN4O. The van der Waals surface area contributed by atoms with Crippen molar-refractivity contribution in [2.45, 2.75) is 44.6 Å². The maximum atomic E-state index is 12.6. The number of nitrogens with zero attached hydrogens (tertiary/aromatic N) is 2. The second kappa shape index (κ2) is 13.1. The van der Waals surface area contributed by atoms with Crippen molar-refractivity contribution < 1.29 is 18.3 Å². The van der Waals surface area contributed by atoms with Crippen molar-refractivity contribution >= 4 is 29.9 Å². The van der Waals surface area contributed by atoms with Crippen molar-refractivity contribution in [2.24, 2.45) is 4.99 Å². The molecule has 2 aromatic carbocycles. The fourth-order valence-electron chi connectivity index (χ4n) is 3.69. The average molecular weight is 576 g/mol. The maximum absolute atomic E-state index is 12.6. The van der Waals surface area contributed by atoms with Gasteiger partial charge in [0.2, 0.25) is 0 Å². The first-order valence-corrected chi connectivity index (χ1v) is 10.9. The van der Waals surface area contributed by atoms with Crippen LogP contribution in [0.2, 0.25) is 0 Å². The minimum atomic E-state index is -4.31. The van der Waals surface area contributed by atoms with Crippen molar-refractivity contribution in [1.29, 1.82) is 0 Å². The van der Waals surface area contributed by atoms with E-state index in [-0.39, 0.29) is 30.1 Å². The first kappa shape index (κ1) is 27.4. The number of nitrogens with one attached hydrogen (secondary N) is 2. The van der Waals surface area contributed by atoms with Crippen LogP contribution in [0, 0.1) is 0 Å². The third-order valence-corrected chi connectivity index (χ3v) is 5.66. The maximum Gasteiger partial charge on any atom is 0.416 e. The van der Waals surface area contributed by atoms with Crippen LogP contribution in [0.15, 0.2) is 53.5 Å². The van der Waals surface area contributed by atoms with E-state index in [9.17, 15) is 18.3 Å². The number of rotatable bonds is 7. The molecule has 182 valence electrons. The molecule has 0 aliphatic carbocycles. The Balaban J connectivity index is 0.00000385. The molecule has 1 fully saturated rings. The molecular weight excluding hydrogens is 544 g/mol. The highest BCUT2D eigenvalue weighted by Gasteiger charge is 2.29. The molecule has 1 aliphatic rings. The Kier molecular flexibility index (Phi) is 10.9. The van der Waals surface area contributed by atoms with Crippen LogP contribution < -0.4 is 10.6 Å². The van der Waals surface area contributed by atoms with Crippen LogP contribution in [0.1, 0.15) is 35.1 Å². The average Bonchev–Trinajstić information content (AvgIpc) is 2.78. The van der Waals surface area contributed by atoms with Crippen molar-refractivity contribution in [3.63, 3.8) is 0 Å². The van der Waals surface area contributed by atoms with E-state index in [1.807, 2.05) is 0 Å². The number of aliphatic hydroxyl groups is 1. The van der Waals surface area contributed by atoms with Gasteiger partial charge in [0.1, 0.15) is 0 Å². The van der Waals surface area contributed by atoms with Gasteiger partial charge in [0.25, 0.3) is 0 Å². The van der Waals surface area contributed by atoms with E-state index in [1.165, 1.54) is 17.7 Å². The van der Waals surface area contributed by atoms with E-state index < -0.39 is 11.7 Å². The van der Waals surface area contributed by atoms with E-state index in [2.05, 4.69) is 44.8 Å². The summed E-state index contributed by atoms with van der Waals surface area (Å²) in [6.07, 6.45) is -2.18. The second-order valence-corrected chi connectivity index (χ2v) is 8.12. The van der Waals surface area contributed by atoms with Gasteiger partial charge >= 0.3 is 6.18 Å². The summed E-state index contributed by atoms with van der Waals surface area (Å²) in [4.78, 5) is 6.56. The summed E-state index contributed by atoms with van der Waals surface area (Å²) < 4.78 is 37.9. The minimum absolute atomic E-state index is 0. The van der Waals surface area contributed by atoms with Gasteiger partial charge in [-0.05, 0) is 48.1 Å². The van der Waals surface area contributed by atoms with Crippen LogP contribution >= 0.6 is 24.0 Å². The first-order valence-electron chi connectivity index (χ1n) is 10.9. The molecule has 0 saturated carbocycles. The van der Waals surface area contributed by atoms with Gasteiger partial charge in [-0.2, -0.15) is 13.2 Å². The number of aliphatic imine (C=N–C) groups is 1. The van der Waals surface area contributed by atoms with Gasteiger partial charge in [0.15, 0.2) is 5.96 Å². The Bertz CT molecular complexity index is 865. The van der Waals surface area contributed by atoms with Crippen LogP contribution in [0.5, 0.6) is 0 Å². The van der Waals surface area contributed by atoms with Crippen LogP contribution in [-0.2, 0) is 25.7 Å². The van der Waals surface area contributed by atoms with Crippen molar-refractivity contribution in [1.82, 2.24) is 15.5 Å². The quantitative estimate of drug-likeness (QED) is 0.263. The molecule has 3 rings (SSSR count). The predicted octanol–water partition coefficient (Wildman–Crippen LogP) is 4.19. The molecule has 9 heteroatoms. The van der Waals surface area contributed by atoms with E-state index in [0.717, 1.165) is 55.7 Å². The van der Waals surface area contributed by atoms with E-state index >= 15 is 0 Å². The molecule has 0 amide bonds. The van der Waals surface area contributed by atoms with Crippen molar-refractivity contribution in [3.8, 4) is 0 Å². The van der Waals surface area contributed by atoms with E-state index in [1.54, 1.807) is 7.05 Å². The molecule has 0 bridgehead atoms. The fourth-order valence-corrected chi connectivity index (χ4v) is 3.69. The van der Waals surface area contributed by atoms with E-state index in [0.29, 0.717) is 25.5 Å². The van der Waals surface area contributed by atoms with Gasteiger partial charge < -0.3 is 15.7 Å². The van der Waals surface area contributed by atoms with Gasteiger partial charge in [0.05, 0.1) is 11.7 Å². The molecule has 33 heavy (non-hydrogen) atoms. The molecule has 1 aliphatic heterocycles. The van der Waals surface area contributed by atoms with Gasteiger partial charge in [-0.1, -0.05) is 36.4 Å². The summed E-state index contributed by atoms with van der Waals surface area (Å²) in [7, 11) is 1.69. The smallest absolute Gasteiger partial charge is 0.393 e. The van der Waals surface area contributed by atoms with Gasteiger partial charge in [-0.15, -0.1) is 24.0 Å². The number of alkyl halides is 3. The predicted molar refractivity (Wildman–Crippen MR) is 136 cm³/mol. The molecule has 3 N–H and O–H groups in total. The largest absolute Gasteiger partial charge is 0.416 e. The van der Waals surface area contributed by atoms with Gasteiger partial charge in [-0.3, -0.25) is 9.89 Å². The minimum Gasteiger partial charge on any atom is -0.393 e. The topological polar surface area (TPSA) is 59.9 Å². The van der Waals surface area contributed by atoms with Crippen LogP contribution in [-0.4, -0.2) is 48.8 Å². The molecule has 0 atom stereocenters. The number of likely N-dealkylation sites (tertiary alicyclic amines) is 1. The lowest BCUT2D eigenvalue weighted by atomic mass is 10.1. The highest BCUT2D eigenvalue weighted by molar-refractivity contribution is 14.0. The molecule has 5 nitrogen and oxygen atoms in total. The Morgan fingerprint density at radius 1 is 0.970 bits per heavy atom. The van der Waals surface area contributed by atoms with Crippen LogP contribution in [0.3, 0.4) is 0 Å². The molecule has 2 aromatic rings. The monoisotopic (exact) mass is 576 g/mol. The van der Waals surface area contributed by atoms with Crippen molar-refractivity contribution in [3.05, 3.63) is 70.8 Å². The highest BCUT2D eigenvalue weighted by Crippen LogP contribution is 2.29. The summed E-state index contributed by atoms with van der Waals surface area (Å²) in [5.41, 5.74) is 2.59. The summed E-state index contributed by atoms with van der Waals surface area (Å²) in [6.45, 7) is 3.94. The lowest BCUT2D eigenvalue weighted by Gasteiger charge is -2.29. The summed E-state index contributed by atoms with van der Waals surface area (Å²) in [5.74, 6) is 0.646. The molecule has 1 saturated heterocycles. The number of benzene rings is 2.